The SMILES string of the molecule is COc1cc2ccccc2cc1C(=O)NN=Cc1cc([N+](=O)[O-])cc([N+](=O)[O-])c1O. The second-order valence-electron chi connectivity index (χ2n) is 6.02. The number of hydrogen-bond acceptors (Lipinski definition) is 8. The van der Waals surface area contributed by atoms with E-state index in [1.807, 2.05) is 24.3 Å². The highest BCUT2D eigenvalue weighted by atomic mass is 16.6. The maximum atomic E-state index is 12.5. The Kier molecular flexibility index (Phi) is 5.54. The Bertz CT molecular complexity index is 1210. The van der Waals surface area contributed by atoms with Crippen molar-refractivity contribution >= 4 is 34.3 Å². The molecular weight excluding hydrogens is 396 g/mol. The Morgan fingerprint density at radius 1 is 1.10 bits per heavy atom. The van der Waals surface area contributed by atoms with Gasteiger partial charge in [-0.15, -0.1) is 0 Å². The predicted octanol–water partition coefficient (Wildman–Crippen LogP) is 3.13. The normalized spacial score (nSPS) is 10.8. The molecule has 0 aliphatic rings. The van der Waals surface area contributed by atoms with Crippen LogP contribution in [0, 0.1) is 20.2 Å². The van der Waals surface area contributed by atoms with Gasteiger partial charge in [0.05, 0.1) is 40.4 Å². The fraction of sp³-hybridized carbons (Fsp3) is 0.0526. The standard InChI is InChI=1S/C19H14N4O7/c1-30-17-8-12-5-3-2-4-11(12)7-15(17)19(25)21-20-10-13-6-14(22(26)27)9-16(18(13)24)23(28)29/h2-10,24H,1H3,(H,21,25). The Labute approximate surface area is 168 Å². The van der Waals surface area contributed by atoms with Crippen LogP contribution in [-0.4, -0.2) is 34.2 Å². The number of benzene rings is 3. The molecule has 30 heavy (non-hydrogen) atoms. The zero-order valence-corrected chi connectivity index (χ0v) is 15.4. The molecule has 0 radical (unpaired) electrons. The fourth-order valence-corrected chi connectivity index (χ4v) is 2.76. The van der Waals surface area contributed by atoms with Gasteiger partial charge in [-0.25, -0.2) is 5.43 Å². The third-order valence-electron chi connectivity index (χ3n) is 4.19. The van der Waals surface area contributed by atoms with Crippen molar-refractivity contribution in [2.75, 3.05) is 7.11 Å². The Hall–Kier alpha value is -4.54. The molecule has 2 N–H and O–H groups in total. The lowest BCUT2D eigenvalue weighted by Crippen LogP contribution is -2.18. The van der Waals surface area contributed by atoms with Crippen LogP contribution in [0.5, 0.6) is 11.5 Å². The van der Waals surface area contributed by atoms with Gasteiger partial charge >= 0.3 is 5.69 Å². The van der Waals surface area contributed by atoms with Crippen molar-refractivity contribution in [3.63, 3.8) is 0 Å². The van der Waals surface area contributed by atoms with E-state index >= 15 is 0 Å². The maximum absolute atomic E-state index is 12.5. The van der Waals surface area contributed by atoms with Crippen LogP contribution in [-0.2, 0) is 0 Å². The number of carbonyl (C=O) groups excluding carboxylic acids is 1. The molecule has 3 aromatic carbocycles. The molecule has 0 saturated heterocycles. The summed E-state index contributed by atoms with van der Waals surface area (Å²) >= 11 is 0. The average molecular weight is 410 g/mol. The van der Waals surface area contributed by atoms with Gasteiger partial charge in [-0.3, -0.25) is 25.0 Å². The predicted molar refractivity (Wildman–Crippen MR) is 107 cm³/mol. The number of hydrogen-bond donors (Lipinski definition) is 2. The minimum absolute atomic E-state index is 0.183. The van der Waals surface area contributed by atoms with E-state index in [0.29, 0.717) is 11.8 Å². The van der Waals surface area contributed by atoms with Crippen molar-refractivity contribution in [2.24, 2.45) is 5.10 Å². The summed E-state index contributed by atoms with van der Waals surface area (Å²) < 4.78 is 5.24. The molecule has 3 rings (SSSR count). The van der Waals surface area contributed by atoms with Crippen molar-refractivity contribution in [1.82, 2.24) is 5.43 Å². The number of nitrogens with one attached hydrogen (secondary N) is 1. The van der Waals surface area contributed by atoms with Crippen molar-refractivity contribution in [3.05, 3.63) is 79.9 Å². The first-order chi connectivity index (χ1) is 14.3. The molecule has 11 nitrogen and oxygen atoms in total. The molecule has 0 heterocycles. The van der Waals surface area contributed by atoms with E-state index in [4.69, 9.17) is 4.74 Å². The van der Waals surface area contributed by atoms with Crippen LogP contribution in [0.4, 0.5) is 11.4 Å². The lowest BCUT2D eigenvalue weighted by Gasteiger charge is -2.09. The molecule has 0 spiro atoms. The number of phenols is 1. The number of methoxy groups -OCH3 is 1. The summed E-state index contributed by atoms with van der Waals surface area (Å²) in [6.07, 6.45) is 0.876. The van der Waals surface area contributed by atoms with E-state index in [9.17, 15) is 30.1 Å². The second-order valence-corrected chi connectivity index (χ2v) is 6.02. The first kappa shape index (κ1) is 20.2. The van der Waals surface area contributed by atoms with E-state index in [2.05, 4.69) is 10.5 Å². The minimum atomic E-state index is -0.960. The van der Waals surface area contributed by atoms with Crippen LogP contribution in [0.2, 0.25) is 0 Å². The summed E-state index contributed by atoms with van der Waals surface area (Å²) in [6, 6.07) is 12.1. The Morgan fingerprint density at radius 2 is 1.77 bits per heavy atom. The molecule has 0 unspecified atom stereocenters. The molecule has 0 aliphatic carbocycles. The summed E-state index contributed by atoms with van der Waals surface area (Å²) in [4.78, 5) is 32.7. The first-order valence-corrected chi connectivity index (χ1v) is 8.37. The van der Waals surface area contributed by atoms with Crippen LogP contribution in [0.15, 0.2) is 53.6 Å². The molecule has 152 valence electrons. The fourth-order valence-electron chi connectivity index (χ4n) is 2.76. The number of hydrazone groups is 1. The number of amides is 1. The van der Waals surface area contributed by atoms with Crippen LogP contribution in [0.25, 0.3) is 10.8 Å². The number of carbonyl (C=O) groups is 1. The van der Waals surface area contributed by atoms with Gasteiger partial charge in [0.2, 0.25) is 5.75 Å². The number of nitro groups is 2. The van der Waals surface area contributed by atoms with Gasteiger partial charge in [0, 0.05) is 6.07 Å². The molecule has 11 heteroatoms. The molecule has 0 aliphatic heterocycles. The van der Waals surface area contributed by atoms with Crippen LogP contribution in [0.1, 0.15) is 15.9 Å². The Balaban J connectivity index is 1.90. The molecule has 0 fully saturated rings. The highest BCUT2D eigenvalue weighted by Crippen LogP contribution is 2.33. The third-order valence-corrected chi connectivity index (χ3v) is 4.19. The quantitative estimate of drug-likeness (QED) is 0.359. The van der Waals surface area contributed by atoms with Gasteiger partial charge < -0.3 is 9.84 Å². The monoisotopic (exact) mass is 410 g/mol. The summed E-state index contributed by atoms with van der Waals surface area (Å²) in [5.74, 6) is -1.16. The Morgan fingerprint density at radius 3 is 2.37 bits per heavy atom. The number of rotatable bonds is 6. The largest absolute Gasteiger partial charge is 0.502 e. The molecule has 0 saturated carbocycles. The highest BCUT2D eigenvalue weighted by molar-refractivity contribution is 6.02. The number of phenolic OH excluding ortho intramolecular Hbond substituents is 1. The van der Waals surface area contributed by atoms with E-state index in [-0.39, 0.29) is 11.1 Å². The van der Waals surface area contributed by atoms with Gasteiger partial charge in [-0.1, -0.05) is 24.3 Å². The topological polar surface area (TPSA) is 157 Å². The number of non-ortho nitro benzene ring substituents is 1. The zero-order chi connectivity index (χ0) is 21.8. The van der Waals surface area contributed by atoms with Gasteiger partial charge in [-0.2, -0.15) is 5.10 Å². The van der Waals surface area contributed by atoms with E-state index in [1.165, 1.54) is 7.11 Å². The van der Waals surface area contributed by atoms with E-state index < -0.39 is 32.9 Å². The summed E-state index contributed by atoms with van der Waals surface area (Å²) in [5.41, 5.74) is 0.629. The third kappa shape index (κ3) is 3.99. The lowest BCUT2D eigenvalue weighted by atomic mass is 10.1. The first-order valence-electron chi connectivity index (χ1n) is 8.37. The number of nitro benzene ring substituents is 2. The second kappa shape index (κ2) is 8.22. The lowest BCUT2D eigenvalue weighted by molar-refractivity contribution is -0.394. The molecule has 0 bridgehead atoms. The molecule has 0 atom stereocenters. The van der Waals surface area contributed by atoms with Gasteiger partial charge in [0.1, 0.15) is 5.75 Å². The minimum Gasteiger partial charge on any atom is -0.502 e. The van der Waals surface area contributed by atoms with Crippen molar-refractivity contribution in [2.45, 2.75) is 0 Å². The van der Waals surface area contributed by atoms with Crippen LogP contribution >= 0.6 is 0 Å². The van der Waals surface area contributed by atoms with E-state index in [1.54, 1.807) is 12.1 Å². The van der Waals surface area contributed by atoms with Crippen molar-refractivity contribution in [1.29, 1.82) is 0 Å². The maximum Gasteiger partial charge on any atom is 0.318 e. The van der Waals surface area contributed by atoms with Crippen LogP contribution < -0.4 is 10.2 Å². The average Bonchev–Trinajstić information content (AvgIpc) is 2.73. The molecular formula is C19H14N4O7. The smallest absolute Gasteiger partial charge is 0.318 e. The van der Waals surface area contributed by atoms with E-state index in [0.717, 1.165) is 23.1 Å². The van der Waals surface area contributed by atoms with Gasteiger partial charge in [-0.05, 0) is 22.9 Å². The number of ether oxygens (including phenoxy) is 1. The summed E-state index contributed by atoms with van der Waals surface area (Å²) in [6.45, 7) is 0. The van der Waals surface area contributed by atoms with Crippen molar-refractivity contribution in [3.8, 4) is 11.5 Å². The van der Waals surface area contributed by atoms with Gasteiger partial charge in [0.25, 0.3) is 11.6 Å². The molecule has 3 aromatic rings. The zero-order valence-electron chi connectivity index (χ0n) is 15.4. The summed E-state index contributed by atoms with van der Waals surface area (Å²) in [7, 11) is 1.41. The number of fused-ring (bicyclic) bond motifs is 1. The van der Waals surface area contributed by atoms with Crippen molar-refractivity contribution < 1.29 is 24.5 Å². The molecule has 0 aromatic heterocycles. The van der Waals surface area contributed by atoms with Gasteiger partial charge in [0.15, 0.2) is 0 Å². The van der Waals surface area contributed by atoms with Crippen LogP contribution in [0.3, 0.4) is 0 Å². The number of nitrogens with zero attached hydrogens (tertiary/aromatic N) is 3. The highest BCUT2D eigenvalue weighted by Gasteiger charge is 2.23. The summed E-state index contributed by atoms with van der Waals surface area (Å²) in [5, 5.41) is 37.2. The number of aromatic hydroxyl groups is 1. The molecule has 1 amide bonds.